The number of likely N-dealkylation sites (tertiary alicyclic amines) is 1. The first-order chi connectivity index (χ1) is 14.9. The summed E-state index contributed by atoms with van der Waals surface area (Å²) in [7, 11) is -3.33. The minimum atomic E-state index is -3.33. The van der Waals surface area contributed by atoms with Crippen molar-refractivity contribution >= 4 is 26.7 Å². The lowest BCUT2D eigenvalue weighted by atomic mass is 10.0. The number of amides is 1. The zero-order valence-corrected chi connectivity index (χ0v) is 18.6. The minimum absolute atomic E-state index is 0.0696. The smallest absolute Gasteiger partial charge is 0.287 e. The molecule has 1 aromatic heterocycles. The van der Waals surface area contributed by atoms with Crippen LogP contribution in [0.25, 0.3) is 11.0 Å². The maximum atomic E-state index is 13.0. The van der Waals surface area contributed by atoms with Gasteiger partial charge < -0.3 is 9.73 Å². The summed E-state index contributed by atoms with van der Waals surface area (Å²) in [4.78, 5) is 15.4. The van der Waals surface area contributed by atoms with Gasteiger partial charge in [-0.25, -0.2) is 8.42 Å². The largest absolute Gasteiger partial charge is 0.451 e. The van der Waals surface area contributed by atoms with Crippen LogP contribution in [0.15, 0.2) is 52.9 Å². The Labute approximate surface area is 183 Å². The van der Waals surface area contributed by atoms with Gasteiger partial charge in [-0.2, -0.15) is 0 Å². The van der Waals surface area contributed by atoms with Crippen LogP contribution >= 0.6 is 0 Å². The molecular formula is C24H28N2O4S. The highest BCUT2D eigenvalue weighted by Crippen LogP contribution is 2.27. The van der Waals surface area contributed by atoms with E-state index in [4.69, 9.17) is 4.42 Å². The van der Waals surface area contributed by atoms with Crippen LogP contribution in [0.4, 0.5) is 0 Å². The molecule has 164 valence electrons. The van der Waals surface area contributed by atoms with Gasteiger partial charge in [0, 0.05) is 30.3 Å². The molecule has 6 nitrogen and oxygen atoms in total. The molecule has 0 aliphatic carbocycles. The van der Waals surface area contributed by atoms with Gasteiger partial charge in [-0.15, -0.1) is 0 Å². The summed E-state index contributed by atoms with van der Waals surface area (Å²) >= 11 is 0. The molecule has 0 radical (unpaired) electrons. The topological polar surface area (TPSA) is 79.6 Å². The zero-order chi connectivity index (χ0) is 21.8. The van der Waals surface area contributed by atoms with Crippen LogP contribution in [0.2, 0.25) is 0 Å². The van der Waals surface area contributed by atoms with Gasteiger partial charge in [0.25, 0.3) is 5.91 Å². The normalized spacial score (nSPS) is 15.3. The number of rotatable bonds is 7. The van der Waals surface area contributed by atoms with Gasteiger partial charge in [0.05, 0.1) is 5.75 Å². The number of hydrogen-bond acceptors (Lipinski definition) is 5. The standard InChI is InChI=1S/C24H28N2O4S/c1-31(28,29)17-21-20-11-5-6-12-22(20)30-23(21)24(27)25-15-18-9-3-4-10-19(18)16-26-13-7-2-8-14-26/h3-6,9-12H,2,7-8,13-17H2,1H3,(H,25,27). The SMILES string of the molecule is CS(=O)(=O)Cc1c(C(=O)NCc2ccccc2CN2CCCCC2)oc2ccccc12. The first-order valence-electron chi connectivity index (χ1n) is 10.7. The van der Waals surface area contributed by atoms with Gasteiger partial charge in [0.15, 0.2) is 15.6 Å². The number of carbonyl (C=O) groups excluding carboxylic acids is 1. The first-order valence-corrected chi connectivity index (χ1v) is 12.7. The molecule has 2 heterocycles. The zero-order valence-electron chi connectivity index (χ0n) is 17.8. The van der Waals surface area contributed by atoms with E-state index in [1.54, 1.807) is 18.2 Å². The first kappa shape index (κ1) is 21.6. The lowest BCUT2D eigenvalue weighted by Gasteiger charge is -2.27. The molecule has 4 rings (SSSR count). The fourth-order valence-corrected chi connectivity index (χ4v) is 5.00. The third-order valence-electron chi connectivity index (χ3n) is 5.71. The highest BCUT2D eigenvalue weighted by molar-refractivity contribution is 7.89. The van der Waals surface area contributed by atoms with Crippen LogP contribution in [0.1, 0.15) is 46.5 Å². The number of benzene rings is 2. The number of fused-ring (bicyclic) bond motifs is 1. The van der Waals surface area contributed by atoms with Crippen LogP contribution in [-0.2, 0) is 28.7 Å². The van der Waals surface area contributed by atoms with Crippen LogP contribution in [0.3, 0.4) is 0 Å². The predicted octanol–water partition coefficient (Wildman–Crippen LogP) is 3.89. The molecule has 7 heteroatoms. The third kappa shape index (κ3) is 5.35. The molecule has 0 unspecified atom stereocenters. The average molecular weight is 441 g/mol. The van der Waals surface area contributed by atoms with Gasteiger partial charge in [0.2, 0.25) is 0 Å². The highest BCUT2D eigenvalue weighted by Gasteiger charge is 2.23. The second-order valence-electron chi connectivity index (χ2n) is 8.26. The molecule has 1 aliphatic rings. The molecule has 1 saturated heterocycles. The summed E-state index contributed by atoms with van der Waals surface area (Å²) in [6, 6.07) is 15.3. The molecule has 0 spiro atoms. The van der Waals surface area contributed by atoms with Crippen molar-refractivity contribution in [3.05, 3.63) is 71.0 Å². The summed E-state index contributed by atoms with van der Waals surface area (Å²) in [6.45, 7) is 3.44. The Morgan fingerprint density at radius 1 is 1.00 bits per heavy atom. The Morgan fingerprint density at radius 2 is 1.68 bits per heavy atom. The van der Waals surface area contributed by atoms with E-state index < -0.39 is 15.7 Å². The van der Waals surface area contributed by atoms with Crippen molar-refractivity contribution in [1.29, 1.82) is 0 Å². The summed E-state index contributed by atoms with van der Waals surface area (Å²) in [6.07, 6.45) is 4.91. The van der Waals surface area contributed by atoms with Crippen molar-refractivity contribution < 1.29 is 17.6 Å². The van der Waals surface area contributed by atoms with Gasteiger partial charge >= 0.3 is 0 Å². The van der Waals surface area contributed by atoms with Crippen molar-refractivity contribution in [2.24, 2.45) is 0 Å². The van der Waals surface area contributed by atoms with E-state index in [2.05, 4.69) is 16.3 Å². The van der Waals surface area contributed by atoms with E-state index in [1.807, 2.05) is 24.3 Å². The van der Waals surface area contributed by atoms with Gasteiger partial charge in [-0.1, -0.05) is 48.9 Å². The van der Waals surface area contributed by atoms with E-state index in [0.717, 1.165) is 31.5 Å². The fraction of sp³-hybridized carbons (Fsp3) is 0.375. The fourth-order valence-electron chi connectivity index (χ4n) is 4.19. The van der Waals surface area contributed by atoms with E-state index in [1.165, 1.54) is 24.8 Å². The van der Waals surface area contributed by atoms with Crippen LogP contribution in [0.5, 0.6) is 0 Å². The number of hydrogen-bond donors (Lipinski definition) is 1. The van der Waals surface area contributed by atoms with Crippen LogP contribution < -0.4 is 5.32 Å². The number of carbonyl (C=O) groups is 1. The van der Waals surface area contributed by atoms with E-state index >= 15 is 0 Å². The van der Waals surface area contributed by atoms with E-state index in [9.17, 15) is 13.2 Å². The van der Waals surface area contributed by atoms with Crippen molar-refractivity contribution in [3.8, 4) is 0 Å². The molecule has 1 amide bonds. The number of furan rings is 1. The minimum Gasteiger partial charge on any atom is -0.451 e. The number of piperidine rings is 1. The maximum absolute atomic E-state index is 13.0. The molecular weight excluding hydrogens is 412 g/mol. The summed E-state index contributed by atoms with van der Waals surface area (Å²) in [5.41, 5.74) is 3.18. The van der Waals surface area contributed by atoms with Crippen molar-refractivity contribution in [1.82, 2.24) is 10.2 Å². The quantitative estimate of drug-likeness (QED) is 0.603. The third-order valence-corrected chi connectivity index (χ3v) is 6.52. The Bertz CT molecular complexity index is 1180. The molecule has 1 fully saturated rings. The lowest BCUT2D eigenvalue weighted by Crippen LogP contribution is -2.30. The number of nitrogens with one attached hydrogen (secondary N) is 1. The van der Waals surface area contributed by atoms with E-state index in [-0.39, 0.29) is 11.5 Å². The van der Waals surface area contributed by atoms with Gasteiger partial charge in [-0.3, -0.25) is 9.69 Å². The Balaban J connectivity index is 1.53. The molecule has 2 aromatic carbocycles. The molecule has 0 bridgehead atoms. The molecule has 3 aromatic rings. The Kier molecular flexibility index (Phi) is 6.43. The second kappa shape index (κ2) is 9.24. The molecule has 0 saturated carbocycles. The second-order valence-corrected chi connectivity index (χ2v) is 10.4. The van der Waals surface area contributed by atoms with Crippen molar-refractivity contribution in [2.75, 3.05) is 19.3 Å². The average Bonchev–Trinajstić information content (AvgIpc) is 3.11. The number of sulfone groups is 1. The monoisotopic (exact) mass is 440 g/mol. The number of para-hydroxylation sites is 1. The predicted molar refractivity (Wildman–Crippen MR) is 122 cm³/mol. The molecule has 1 N–H and O–H groups in total. The molecule has 31 heavy (non-hydrogen) atoms. The van der Waals surface area contributed by atoms with Gasteiger partial charge in [-0.05, 0) is 43.1 Å². The number of nitrogens with zero attached hydrogens (tertiary/aromatic N) is 1. The summed E-state index contributed by atoms with van der Waals surface area (Å²) in [5, 5.41) is 3.59. The summed E-state index contributed by atoms with van der Waals surface area (Å²) < 4.78 is 29.7. The van der Waals surface area contributed by atoms with Crippen LogP contribution in [0, 0.1) is 0 Å². The van der Waals surface area contributed by atoms with Crippen molar-refractivity contribution in [2.45, 2.75) is 38.1 Å². The molecule has 1 aliphatic heterocycles. The van der Waals surface area contributed by atoms with Crippen LogP contribution in [-0.4, -0.2) is 38.6 Å². The van der Waals surface area contributed by atoms with Crippen molar-refractivity contribution in [3.63, 3.8) is 0 Å². The Hall–Kier alpha value is -2.64. The lowest BCUT2D eigenvalue weighted by molar-refractivity contribution is 0.0924. The van der Waals surface area contributed by atoms with E-state index in [0.29, 0.717) is 23.1 Å². The maximum Gasteiger partial charge on any atom is 0.287 e. The van der Waals surface area contributed by atoms with Gasteiger partial charge in [0.1, 0.15) is 5.58 Å². The molecule has 0 atom stereocenters. The summed E-state index contributed by atoms with van der Waals surface area (Å²) in [5.74, 6) is -0.569. The highest BCUT2D eigenvalue weighted by atomic mass is 32.2. The Morgan fingerprint density at radius 3 is 2.42 bits per heavy atom.